The van der Waals surface area contributed by atoms with Gasteiger partial charge in [0.05, 0.1) is 11.6 Å². The number of nitrogens with one attached hydrogen (secondary N) is 1. The molecule has 3 N–H and O–H groups in total. The van der Waals surface area contributed by atoms with Crippen LogP contribution in [0.1, 0.15) is 5.56 Å². The summed E-state index contributed by atoms with van der Waals surface area (Å²) < 4.78 is 27.3. The van der Waals surface area contributed by atoms with Crippen LogP contribution < -0.4 is 10.2 Å². The van der Waals surface area contributed by atoms with Gasteiger partial charge in [0.15, 0.2) is 0 Å². The van der Waals surface area contributed by atoms with Crippen LogP contribution in [0.5, 0.6) is 0 Å². The van der Waals surface area contributed by atoms with Crippen molar-refractivity contribution in [2.24, 2.45) is 0 Å². The molecule has 2 aromatic carbocycles. The monoisotopic (exact) mass is 388 g/mol. The molecule has 2 rings (SSSR count). The van der Waals surface area contributed by atoms with Gasteiger partial charge in [0.2, 0.25) is 5.91 Å². The second-order valence-corrected chi connectivity index (χ2v) is 6.00. The molecule has 0 bridgehead atoms. The van der Waals surface area contributed by atoms with Gasteiger partial charge < -0.3 is 15.4 Å². The largest absolute Gasteiger partial charge is 0.475 e. The van der Waals surface area contributed by atoms with Crippen molar-refractivity contribution in [3.05, 3.63) is 78.4 Å². The van der Waals surface area contributed by atoms with Crippen molar-refractivity contribution in [1.29, 1.82) is 0 Å². The first kappa shape index (κ1) is 21.3. The number of hydrogen-bond acceptors (Lipinski definition) is 4. The fourth-order valence-corrected chi connectivity index (χ4v) is 2.61. The topological polar surface area (TPSA) is 89.9 Å². The first-order valence-electron chi connectivity index (χ1n) is 8.40. The highest BCUT2D eigenvalue weighted by Crippen LogP contribution is 2.19. The van der Waals surface area contributed by atoms with E-state index >= 15 is 0 Å². The van der Waals surface area contributed by atoms with Gasteiger partial charge in [-0.15, -0.1) is 0 Å². The minimum Gasteiger partial charge on any atom is -0.426 e. The summed E-state index contributed by atoms with van der Waals surface area (Å²) in [4.78, 5) is 25.3. The Labute approximate surface area is 161 Å². The van der Waals surface area contributed by atoms with Crippen LogP contribution in [-0.2, 0) is 16.0 Å². The van der Waals surface area contributed by atoms with Crippen LogP contribution in [-0.4, -0.2) is 41.5 Å². The average molecular weight is 388 g/mol. The molecule has 146 valence electrons. The molecule has 0 radical (unpaired) electrons. The predicted molar refractivity (Wildman–Crippen MR) is 101 cm³/mol. The highest BCUT2D eigenvalue weighted by molar-refractivity contribution is 6.43. The third kappa shape index (κ3) is 5.73. The van der Waals surface area contributed by atoms with Gasteiger partial charge in [-0.05, 0) is 42.3 Å². The van der Waals surface area contributed by atoms with Gasteiger partial charge in [0.1, 0.15) is 18.2 Å². The zero-order valence-corrected chi connectivity index (χ0v) is 14.9. The van der Waals surface area contributed by atoms with E-state index in [0.717, 1.165) is 17.0 Å². The quantitative estimate of drug-likeness (QED) is 0.469. The van der Waals surface area contributed by atoms with E-state index in [1.807, 2.05) is 0 Å². The molecule has 0 aliphatic carbocycles. The molecule has 0 spiro atoms. The number of anilines is 1. The van der Waals surface area contributed by atoms with Gasteiger partial charge in [-0.3, -0.25) is 14.5 Å². The third-order valence-electron chi connectivity index (χ3n) is 3.94. The zero-order valence-electron chi connectivity index (χ0n) is 14.9. The second-order valence-electron chi connectivity index (χ2n) is 6.00. The minimum absolute atomic E-state index is 0.0593. The van der Waals surface area contributed by atoms with E-state index in [2.05, 4.69) is 11.9 Å². The third-order valence-corrected chi connectivity index (χ3v) is 3.94. The fourth-order valence-electron chi connectivity index (χ4n) is 2.61. The molecule has 0 saturated carbocycles. The Balaban J connectivity index is 2.14. The summed E-state index contributed by atoms with van der Waals surface area (Å²) in [7, 11) is -1.93. The van der Waals surface area contributed by atoms with Crippen LogP contribution in [0.15, 0.2) is 61.2 Å². The molecule has 1 unspecified atom stereocenters. The Kier molecular flexibility index (Phi) is 7.42. The Morgan fingerprint density at radius 3 is 2.50 bits per heavy atom. The maximum Gasteiger partial charge on any atom is 0.475 e. The lowest BCUT2D eigenvalue weighted by molar-refractivity contribution is -0.122. The summed E-state index contributed by atoms with van der Waals surface area (Å²) in [6.45, 7) is 2.77. The smallest absolute Gasteiger partial charge is 0.426 e. The van der Waals surface area contributed by atoms with Crippen LogP contribution in [0.2, 0.25) is 0 Å². The lowest BCUT2D eigenvalue weighted by atomic mass is 9.76. The summed E-state index contributed by atoms with van der Waals surface area (Å²) in [5.41, 5.74) is 0.320. The van der Waals surface area contributed by atoms with Gasteiger partial charge in [-0.2, -0.15) is 0 Å². The van der Waals surface area contributed by atoms with Crippen molar-refractivity contribution in [2.75, 3.05) is 11.4 Å². The van der Waals surface area contributed by atoms with Gasteiger partial charge in [0, 0.05) is 0 Å². The molecule has 0 aliphatic rings. The fraction of sp³-hybridized carbons (Fsp3) is 0.158. The highest BCUT2D eigenvalue weighted by atomic mass is 19.1. The molecule has 28 heavy (non-hydrogen) atoms. The predicted octanol–water partition coefficient (Wildman–Crippen LogP) is 1.22. The highest BCUT2D eigenvalue weighted by Gasteiger charge is 2.27. The van der Waals surface area contributed by atoms with Crippen molar-refractivity contribution in [3.8, 4) is 0 Å². The zero-order chi connectivity index (χ0) is 20.7. The molecule has 2 aromatic rings. The number of amides is 2. The summed E-state index contributed by atoms with van der Waals surface area (Å²) >= 11 is 0. The Hall–Kier alpha value is -3.04. The number of carbonyl (C=O) groups is 2. The van der Waals surface area contributed by atoms with Gasteiger partial charge in [-0.1, -0.05) is 30.8 Å². The van der Waals surface area contributed by atoms with E-state index in [0.29, 0.717) is 5.56 Å². The molecule has 2 amide bonds. The Bertz CT molecular complexity index is 863. The Morgan fingerprint density at radius 2 is 1.89 bits per heavy atom. The minimum atomic E-state index is -1.93. The summed E-state index contributed by atoms with van der Waals surface area (Å²) in [6.07, 6.45) is 0.876. The molecule has 6 nitrogen and oxygen atoms in total. The molecule has 0 saturated heterocycles. The number of hydrogen-bond donors (Lipinski definition) is 3. The second kappa shape index (κ2) is 9.77. The molecule has 0 aliphatic heterocycles. The van der Waals surface area contributed by atoms with Crippen LogP contribution in [0.3, 0.4) is 0 Å². The van der Waals surface area contributed by atoms with Gasteiger partial charge in [-0.25, -0.2) is 8.78 Å². The molecule has 0 heterocycles. The standard InChI is InChI=1S/C19H19BF2N2O4/c1-2-19(26)24(16-9-4-3-8-15(16)22)12-18(25)23-17(20(27)28)11-13-6-5-7-14(21)10-13/h2-10,17,27-28H,1,11-12H2,(H,23,25). The Morgan fingerprint density at radius 1 is 1.18 bits per heavy atom. The average Bonchev–Trinajstić information content (AvgIpc) is 2.65. The summed E-state index contributed by atoms with van der Waals surface area (Å²) in [6, 6.07) is 10.9. The van der Waals surface area contributed by atoms with Crippen molar-refractivity contribution in [2.45, 2.75) is 12.4 Å². The summed E-state index contributed by atoms with van der Waals surface area (Å²) in [5.74, 6) is -3.82. The van der Waals surface area contributed by atoms with Crippen LogP contribution in [0.4, 0.5) is 14.5 Å². The lowest BCUT2D eigenvalue weighted by Crippen LogP contribution is -2.51. The molecule has 1 atom stereocenters. The molecule has 0 aromatic heterocycles. The SMILES string of the molecule is C=CC(=O)N(CC(=O)NC(Cc1cccc(F)c1)B(O)O)c1ccccc1F. The van der Waals surface area contributed by atoms with E-state index in [9.17, 15) is 28.4 Å². The van der Waals surface area contributed by atoms with Gasteiger partial charge in [0.25, 0.3) is 5.91 Å². The maximum absolute atomic E-state index is 14.0. The van der Waals surface area contributed by atoms with Crippen molar-refractivity contribution >= 4 is 24.6 Å². The van der Waals surface area contributed by atoms with Gasteiger partial charge >= 0.3 is 7.12 Å². The first-order chi connectivity index (χ1) is 13.3. The number of carbonyl (C=O) groups excluding carboxylic acids is 2. The summed E-state index contributed by atoms with van der Waals surface area (Å²) in [5, 5.41) is 21.4. The van der Waals surface area contributed by atoms with Crippen LogP contribution in [0.25, 0.3) is 0 Å². The number of halogens is 2. The number of nitrogens with zero attached hydrogens (tertiary/aromatic N) is 1. The van der Waals surface area contributed by atoms with Crippen molar-refractivity contribution in [3.63, 3.8) is 0 Å². The van der Waals surface area contributed by atoms with E-state index in [4.69, 9.17) is 0 Å². The maximum atomic E-state index is 14.0. The molecular weight excluding hydrogens is 369 g/mol. The number of para-hydroxylation sites is 1. The molecule has 0 fully saturated rings. The van der Waals surface area contributed by atoms with Crippen molar-refractivity contribution < 1.29 is 28.4 Å². The molecule has 9 heteroatoms. The number of rotatable bonds is 8. The first-order valence-corrected chi connectivity index (χ1v) is 8.40. The van der Waals surface area contributed by atoms with Crippen molar-refractivity contribution in [1.82, 2.24) is 5.32 Å². The van der Waals surface area contributed by atoms with E-state index < -0.39 is 43.1 Å². The van der Waals surface area contributed by atoms with Crippen LogP contribution >= 0.6 is 0 Å². The van der Waals surface area contributed by atoms with E-state index in [1.54, 1.807) is 6.07 Å². The lowest BCUT2D eigenvalue weighted by Gasteiger charge is -2.23. The van der Waals surface area contributed by atoms with Crippen LogP contribution in [0, 0.1) is 11.6 Å². The van der Waals surface area contributed by atoms with E-state index in [1.165, 1.54) is 36.4 Å². The van der Waals surface area contributed by atoms with E-state index in [-0.39, 0.29) is 12.1 Å². The molecular formula is C19H19BF2N2O4. The number of benzene rings is 2. The normalized spacial score (nSPS) is 11.4.